The van der Waals surface area contributed by atoms with Crippen molar-refractivity contribution in [2.45, 2.75) is 33.5 Å². The Morgan fingerprint density at radius 3 is 2.43 bits per heavy atom. The maximum absolute atomic E-state index is 4.33. The van der Waals surface area contributed by atoms with E-state index < -0.39 is 0 Å². The lowest BCUT2D eigenvalue weighted by Gasteiger charge is -2.20. The average Bonchev–Trinajstić information content (AvgIpc) is 3.16. The van der Waals surface area contributed by atoms with E-state index in [2.05, 4.69) is 68.8 Å². The van der Waals surface area contributed by atoms with E-state index in [9.17, 15) is 0 Å². The minimum atomic E-state index is 0.548. The van der Waals surface area contributed by atoms with Crippen LogP contribution in [0, 0.1) is 0 Å². The van der Waals surface area contributed by atoms with E-state index in [1.165, 1.54) is 11.1 Å². The Kier molecular flexibility index (Phi) is 6.97. The molecule has 0 aliphatic carbocycles. The first-order chi connectivity index (χ1) is 13.7. The largest absolute Gasteiger partial charge is 0.352 e. The molecule has 7 heteroatoms. The van der Waals surface area contributed by atoms with Gasteiger partial charge in [0, 0.05) is 26.3 Å². The summed E-state index contributed by atoms with van der Waals surface area (Å²) in [6.07, 6.45) is 1.96. The third-order valence-corrected chi connectivity index (χ3v) is 4.87. The second kappa shape index (κ2) is 9.85. The van der Waals surface area contributed by atoms with Crippen molar-refractivity contribution in [3.8, 4) is 0 Å². The SMILES string of the molecule is CCN(CC)Cc1ccccc1CNC(=NC)NCc1nnc2ccccn12. The number of benzene rings is 1. The van der Waals surface area contributed by atoms with Gasteiger partial charge in [0.1, 0.15) is 0 Å². The zero-order valence-corrected chi connectivity index (χ0v) is 16.9. The molecule has 0 bridgehead atoms. The first-order valence-electron chi connectivity index (χ1n) is 9.77. The highest BCUT2D eigenvalue weighted by Crippen LogP contribution is 2.11. The molecule has 148 valence electrons. The number of aromatic nitrogens is 3. The van der Waals surface area contributed by atoms with E-state index in [1.54, 1.807) is 7.05 Å². The molecule has 0 fully saturated rings. The Morgan fingerprint density at radius 1 is 0.964 bits per heavy atom. The Bertz CT molecular complexity index is 912. The number of nitrogens with zero attached hydrogens (tertiary/aromatic N) is 5. The van der Waals surface area contributed by atoms with E-state index in [0.29, 0.717) is 6.54 Å². The standard InChI is InChI=1S/C21H29N7/c1-4-27(5-2)16-18-11-7-6-10-17(18)14-23-21(22-3)24-15-20-26-25-19-12-8-9-13-28(19)20/h6-13H,4-5,14-16H2,1-3H3,(H2,22,23,24). The predicted molar refractivity (Wildman–Crippen MR) is 113 cm³/mol. The van der Waals surface area contributed by atoms with Crippen molar-refractivity contribution in [3.05, 3.63) is 65.6 Å². The molecule has 0 aliphatic heterocycles. The zero-order chi connectivity index (χ0) is 19.8. The predicted octanol–water partition coefficient (Wildman–Crippen LogP) is 2.44. The topological polar surface area (TPSA) is 69.8 Å². The van der Waals surface area contributed by atoms with Crippen molar-refractivity contribution in [2.24, 2.45) is 4.99 Å². The van der Waals surface area contributed by atoms with Crippen molar-refractivity contribution < 1.29 is 0 Å². The quantitative estimate of drug-likeness (QED) is 0.465. The van der Waals surface area contributed by atoms with E-state index in [-0.39, 0.29) is 0 Å². The van der Waals surface area contributed by atoms with E-state index in [4.69, 9.17) is 0 Å². The lowest BCUT2D eigenvalue weighted by molar-refractivity contribution is 0.295. The van der Waals surface area contributed by atoms with E-state index >= 15 is 0 Å². The van der Waals surface area contributed by atoms with Crippen LogP contribution in [0.15, 0.2) is 53.7 Å². The zero-order valence-electron chi connectivity index (χ0n) is 16.9. The van der Waals surface area contributed by atoms with Gasteiger partial charge in [0.25, 0.3) is 0 Å². The third kappa shape index (κ3) is 4.86. The summed E-state index contributed by atoms with van der Waals surface area (Å²) in [5, 5.41) is 15.2. The van der Waals surface area contributed by atoms with Crippen LogP contribution >= 0.6 is 0 Å². The van der Waals surface area contributed by atoms with Gasteiger partial charge in [0.05, 0.1) is 6.54 Å². The number of fused-ring (bicyclic) bond motifs is 1. The van der Waals surface area contributed by atoms with E-state index in [1.807, 2.05) is 28.8 Å². The van der Waals surface area contributed by atoms with Gasteiger partial charge in [0.2, 0.25) is 0 Å². The number of guanidine groups is 1. The molecule has 0 spiro atoms. The lowest BCUT2D eigenvalue weighted by Crippen LogP contribution is -2.37. The molecule has 2 heterocycles. The molecule has 0 atom stereocenters. The maximum atomic E-state index is 4.33. The summed E-state index contributed by atoms with van der Waals surface area (Å²) < 4.78 is 1.97. The van der Waals surface area contributed by atoms with Gasteiger partial charge < -0.3 is 10.6 Å². The van der Waals surface area contributed by atoms with Crippen molar-refractivity contribution in [2.75, 3.05) is 20.1 Å². The van der Waals surface area contributed by atoms with E-state index in [0.717, 1.165) is 43.6 Å². The number of aliphatic imine (C=N–C) groups is 1. The fraction of sp³-hybridized carbons (Fsp3) is 0.381. The molecule has 7 nitrogen and oxygen atoms in total. The normalized spacial score (nSPS) is 11.9. The van der Waals surface area contributed by atoms with Gasteiger partial charge in [-0.15, -0.1) is 10.2 Å². The number of hydrogen-bond donors (Lipinski definition) is 2. The summed E-state index contributed by atoms with van der Waals surface area (Å²) in [6.45, 7) is 8.72. The first kappa shape index (κ1) is 19.8. The smallest absolute Gasteiger partial charge is 0.191 e. The van der Waals surface area contributed by atoms with Crippen LogP contribution in [0.25, 0.3) is 5.65 Å². The molecule has 28 heavy (non-hydrogen) atoms. The Balaban J connectivity index is 1.60. The van der Waals surface area contributed by atoms with Gasteiger partial charge in [0.15, 0.2) is 17.4 Å². The maximum Gasteiger partial charge on any atom is 0.191 e. The highest BCUT2D eigenvalue weighted by molar-refractivity contribution is 5.79. The number of hydrogen-bond acceptors (Lipinski definition) is 4. The summed E-state index contributed by atoms with van der Waals surface area (Å²) in [5.74, 6) is 1.59. The van der Waals surface area contributed by atoms with Gasteiger partial charge >= 0.3 is 0 Å². The molecule has 0 unspecified atom stereocenters. The van der Waals surface area contributed by atoms with Crippen molar-refractivity contribution >= 4 is 11.6 Å². The van der Waals surface area contributed by atoms with Crippen LogP contribution in [0.4, 0.5) is 0 Å². The average molecular weight is 380 g/mol. The molecule has 0 saturated carbocycles. The first-order valence-corrected chi connectivity index (χ1v) is 9.77. The van der Waals surface area contributed by atoms with Crippen LogP contribution in [-0.2, 0) is 19.6 Å². The highest BCUT2D eigenvalue weighted by Gasteiger charge is 2.08. The molecule has 2 aromatic heterocycles. The second-order valence-electron chi connectivity index (χ2n) is 6.55. The van der Waals surface area contributed by atoms with Gasteiger partial charge in [-0.3, -0.25) is 14.3 Å². The Morgan fingerprint density at radius 2 is 1.68 bits per heavy atom. The summed E-state index contributed by atoms with van der Waals surface area (Å²) in [6, 6.07) is 14.4. The molecule has 3 aromatic rings. The summed E-state index contributed by atoms with van der Waals surface area (Å²) in [5.41, 5.74) is 3.47. The summed E-state index contributed by atoms with van der Waals surface area (Å²) >= 11 is 0. The summed E-state index contributed by atoms with van der Waals surface area (Å²) in [4.78, 5) is 6.75. The van der Waals surface area contributed by atoms with Crippen LogP contribution in [0.5, 0.6) is 0 Å². The number of pyridine rings is 1. The highest BCUT2D eigenvalue weighted by atomic mass is 15.3. The molecule has 1 aromatic carbocycles. The Hall–Kier alpha value is -2.93. The van der Waals surface area contributed by atoms with Crippen LogP contribution < -0.4 is 10.6 Å². The van der Waals surface area contributed by atoms with Crippen molar-refractivity contribution in [1.82, 2.24) is 30.1 Å². The Labute approximate surface area is 166 Å². The number of nitrogens with one attached hydrogen (secondary N) is 2. The van der Waals surface area contributed by atoms with Gasteiger partial charge in [-0.05, 0) is 36.3 Å². The molecule has 0 radical (unpaired) electrons. The van der Waals surface area contributed by atoms with Crippen LogP contribution in [-0.4, -0.2) is 45.6 Å². The van der Waals surface area contributed by atoms with Crippen molar-refractivity contribution in [1.29, 1.82) is 0 Å². The number of rotatable bonds is 8. The van der Waals surface area contributed by atoms with Crippen LogP contribution in [0.3, 0.4) is 0 Å². The second-order valence-corrected chi connectivity index (χ2v) is 6.55. The fourth-order valence-corrected chi connectivity index (χ4v) is 3.15. The molecule has 0 aliphatic rings. The molecule has 3 rings (SSSR count). The van der Waals surface area contributed by atoms with Gasteiger partial charge in [-0.1, -0.05) is 44.2 Å². The molecular weight excluding hydrogens is 350 g/mol. The van der Waals surface area contributed by atoms with Crippen LogP contribution in [0.1, 0.15) is 30.8 Å². The monoisotopic (exact) mass is 379 g/mol. The van der Waals surface area contributed by atoms with Crippen LogP contribution in [0.2, 0.25) is 0 Å². The minimum absolute atomic E-state index is 0.548. The molecular formula is C21H29N7. The molecule has 2 N–H and O–H groups in total. The minimum Gasteiger partial charge on any atom is -0.352 e. The van der Waals surface area contributed by atoms with Gasteiger partial charge in [-0.25, -0.2) is 0 Å². The summed E-state index contributed by atoms with van der Waals surface area (Å²) in [7, 11) is 1.78. The lowest BCUT2D eigenvalue weighted by atomic mass is 10.1. The third-order valence-electron chi connectivity index (χ3n) is 4.87. The molecule has 0 amide bonds. The molecule has 0 saturated heterocycles. The fourth-order valence-electron chi connectivity index (χ4n) is 3.15. The van der Waals surface area contributed by atoms with Gasteiger partial charge in [-0.2, -0.15) is 0 Å². The van der Waals surface area contributed by atoms with Crippen molar-refractivity contribution in [3.63, 3.8) is 0 Å².